The van der Waals surface area contributed by atoms with Gasteiger partial charge < -0.3 is 19.0 Å². The summed E-state index contributed by atoms with van der Waals surface area (Å²) in [5.41, 5.74) is 2.28. The first-order valence-electron chi connectivity index (χ1n) is 7.84. The number of phenolic OH excluding ortho intramolecular Hbond substituents is 1. The number of benzene rings is 2. The zero-order valence-corrected chi connectivity index (χ0v) is 13.6. The van der Waals surface area contributed by atoms with Gasteiger partial charge in [0.2, 0.25) is 0 Å². The van der Waals surface area contributed by atoms with E-state index in [2.05, 4.69) is 6.58 Å². The summed E-state index contributed by atoms with van der Waals surface area (Å²) in [7, 11) is 1.60. The fourth-order valence-electron chi connectivity index (χ4n) is 3.26. The van der Waals surface area contributed by atoms with Gasteiger partial charge in [0.15, 0.2) is 0 Å². The van der Waals surface area contributed by atoms with Gasteiger partial charge in [-0.1, -0.05) is 6.58 Å². The highest BCUT2D eigenvalue weighted by Crippen LogP contribution is 2.45. The predicted molar refractivity (Wildman–Crippen MR) is 94.4 cm³/mol. The first-order chi connectivity index (χ1) is 12.1. The third-order valence-corrected chi connectivity index (χ3v) is 4.53. The molecule has 1 aromatic heterocycles. The van der Waals surface area contributed by atoms with Crippen molar-refractivity contribution in [2.75, 3.05) is 13.7 Å². The van der Waals surface area contributed by atoms with Crippen LogP contribution in [0.15, 0.2) is 58.3 Å². The molecule has 4 rings (SSSR count). The van der Waals surface area contributed by atoms with Crippen LogP contribution in [0.25, 0.3) is 16.5 Å². The minimum atomic E-state index is -0.432. The molecule has 0 fully saturated rings. The van der Waals surface area contributed by atoms with Gasteiger partial charge in [-0.15, -0.1) is 0 Å². The van der Waals surface area contributed by atoms with Crippen LogP contribution in [0.1, 0.15) is 17.0 Å². The number of aromatic hydroxyl groups is 1. The highest BCUT2D eigenvalue weighted by molar-refractivity contribution is 5.88. The summed E-state index contributed by atoms with van der Waals surface area (Å²) in [4.78, 5) is 11.5. The predicted octanol–water partition coefficient (Wildman–Crippen LogP) is 3.70. The van der Waals surface area contributed by atoms with Crippen LogP contribution >= 0.6 is 0 Å². The number of rotatable bonds is 2. The van der Waals surface area contributed by atoms with Crippen molar-refractivity contribution in [3.63, 3.8) is 0 Å². The van der Waals surface area contributed by atoms with Crippen molar-refractivity contribution >= 4 is 16.5 Å². The highest BCUT2D eigenvalue weighted by Gasteiger charge is 2.29. The lowest BCUT2D eigenvalue weighted by Gasteiger charge is -2.29. The number of fused-ring (bicyclic) bond motifs is 2. The average molecular weight is 336 g/mol. The van der Waals surface area contributed by atoms with E-state index in [0.29, 0.717) is 28.9 Å². The van der Waals surface area contributed by atoms with E-state index in [9.17, 15) is 9.90 Å². The standard InChI is InChI=1S/C20H16O5/c1-11-14-9-12(23-2)3-6-17(14)24-10-15(11)20-13-4-8-19(22)25-18(13)7-5-16(20)21/h3-9,15,21H,1,10H2,2H3. The van der Waals surface area contributed by atoms with Crippen LogP contribution in [0.4, 0.5) is 0 Å². The first kappa shape index (κ1) is 15.3. The van der Waals surface area contributed by atoms with Gasteiger partial charge in [0.25, 0.3) is 0 Å². The zero-order chi connectivity index (χ0) is 17.6. The molecule has 3 aromatic rings. The highest BCUT2D eigenvalue weighted by atomic mass is 16.5. The summed E-state index contributed by atoms with van der Waals surface area (Å²) in [6.07, 6.45) is 0. The van der Waals surface area contributed by atoms with E-state index in [1.807, 2.05) is 18.2 Å². The number of hydrogen-bond donors (Lipinski definition) is 1. The quantitative estimate of drug-likeness (QED) is 0.723. The normalized spacial score (nSPS) is 16.4. The van der Waals surface area contributed by atoms with Crippen molar-refractivity contribution in [2.24, 2.45) is 0 Å². The Labute approximate surface area is 143 Å². The van der Waals surface area contributed by atoms with Gasteiger partial charge in [-0.25, -0.2) is 4.79 Å². The molecular weight excluding hydrogens is 320 g/mol. The molecule has 2 aromatic carbocycles. The smallest absolute Gasteiger partial charge is 0.336 e. The molecule has 0 aliphatic carbocycles. The van der Waals surface area contributed by atoms with Crippen LogP contribution in [-0.4, -0.2) is 18.8 Å². The van der Waals surface area contributed by atoms with E-state index >= 15 is 0 Å². The second-order valence-electron chi connectivity index (χ2n) is 5.92. The molecule has 25 heavy (non-hydrogen) atoms. The average Bonchev–Trinajstić information content (AvgIpc) is 2.63. The van der Waals surface area contributed by atoms with E-state index in [4.69, 9.17) is 13.9 Å². The van der Waals surface area contributed by atoms with Gasteiger partial charge in [0.1, 0.15) is 22.8 Å². The summed E-state index contributed by atoms with van der Waals surface area (Å²) in [6, 6.07) is 11.6. The first-order valence-corrected chi connectivity index (χ1v) is 7.84. The van der Waals surface area contributed by atoms with Crippen LogP contribution in [0, 0.1) is 0 Å². The lowest BCUT2D eigenvalue weighted by molar-refractivity contribution is 0.294. The van der Waals surface area contributed by atoms with Crippen LogP contribution in [-0.2, 0) is 0 Å². The Bertz CT molecular complexity index is 1050. The molecule has 1 atom stereocenters. The Morgan fingerprint density at radius 1 is 1.20 bits per heavy atom. The van der Waals surface area contributed by atoms with Crippen LogP contribution < -0.4 is 15.1 Å². The number of ether oxygens (including phenoxy) is 2. The minimum Gasteiger partial charge on any atom is -0.508 e. The summed E-state index contributed by atoms with van der Waals surface area (Å²) in [6.45, 7) is 4.55. The van der Waals surface area contributed by atoms with Crippen molar-refractivity contribution in [2.45, 2.75) is 5.92 Å². The molecule has 5 heteroatoms. The van der Waals surface area contributed by atoms with Crippen molar-refractivity contribution in [3.8, 4) is 17.2 Å². The minimum absolute atomic E-state index is 0.113. The molecule has 1 aliphatic heterocycles. The molecule has 0 amide bonds. The Hall–Kier alpha value is -3.21. The van der Waals surface area contributed by atoms with E-state index < -0.39 is 5.63 Å². The van der Waals surface area contributed by atoms with Gasteiger partial charge in [0.05, 0.1) is 13.7 Å². The Morgan fingerprint density at radius 2 is 2.04 bits per heavy atom. The molecule has 0 radical (unpaired) electrons. The molecule has 1 N–H and O–H groups in total. The van der Waals surface area contributed by atoms with E-state index in [-0.39, 0.29) is 11.7 Å². The topological polar surface area (TPSA) is 68.9 Å². The summed E-state index contributed by atoms with van der Waals surface area (Å²) < 4.78 is 16.4. The fraction of sp³-hybridized carbons (Fsp3) is 0.150. The molecule has 0 spiro atoms. The van der Waals surface area contributed by atoms with Crippen LogP contribution in [0.3, 0.4) is 0 Å². The fourth-order valence-corrected chi connectivity index (χ4v) is 3.26. The molecule has 1 unspecified atom stereocenters. The summed E-state index contributed by atoms with van der Waals surface area (Å²) >= 11 is 0. The summed E-state index contributed by atoms with van der Waals surface area (Å²) in [5, 5.41) is 11.1. The van der Waals surface area contributed by atoms with Crippen LogP contribution in [0.5, 0.6) is 17.2 Å². The molecule has 0 bridgehead atoms. The van der Waals surface area contributed by atoms with Gasteiger partial charge in [0, 0.05) is 28.5 Å². The third-order valence-electron chi connectivity index (χ3n) is 4.53. The van der Waals surface area contributed by atoms with Crippen LogP contribution in [0.2, 0.25) is 0 Å². The molecule has 126 valence electrons. The van der Waals surface area contributed by atoms with Crippen molar-refractivity contribution in [1.82, 2.24) is 0 Å². The maximum Gasteiger partial charge on any atom is 0.336 e. The van der Waals surface area contributed by atoms with Crippen molar-refractivity contribution in [3.05, 3.63) is 70.6 Å². The Morgan fingerprint density at radius 3 is 2.84 bits per heavy atom. The maximum atomic E-state index is 11.5. The van der Waals surface area contributed by atoms with Crippen molar-refractivity contribution in [1.29, 1.82) is 0 Å². The van der Waals surface area contributed by atoms with Gasteiger partial charge >= 0.3 is 5.63 Å². The van der Waals surface area contributed by atoms with Gasteiger partial charge in [-0.2, -0.15) is 0 Å². The van der Waals surface area contributed by atoms with Gasteiger partial charge in [-0.05, 0) is 42.0 Å². The molecule has 5 nitrogen and oxygen atoms in total. The third kappa shape index (κ3) is 2.45. The Balaban J connectivity index is 1.88. The Kier molecular flexibility index (Phi) is 3.50. The van der Waals surface area contributed by atoms with E-state index in [1.165, 1.54) is 12.1 Å². The molecule has 0 saturated heterocycles. The second kappa shape index (κ2) is 5.70. The molecule has 1 aliphatic rings. The molecular formula is C20H16O5. The van der Waals surface area contributed by atoms with Gasteiger partial charge in [-0.3, -0.25) is 0 Å². The maximum absolute atomic E-state index is 11.5. The van der Waals surface area contributed by atoms with E-state index in [0.717, 1.165) is 16.9 Å². The molecule has 2 heterocycles. The summed E-state index contributed by atoms with van der Waals surface area (Å²) in [5.74, 6) is 1.28. The SMILES string of the molecule is C=C1c2cc(OC)ccc2OCC1c1c(O)ccc2oc(=O)ccc12. The largest absolute Gasteiger partial charge is 0.508 e. The van der Waals surface area contributed by atoms with E-state index in [1.54, 1.807) is 19.2 Å². The lowest BCUT2D eigenvalue weighted by atomic mass is 9.84. The molecule has 0 saturated carbocycles. The zero-order valence-electron chi connectivity index (χ0n) is 13.6. The number of hydrogen-bond acceptors (Lipinski definition) is 5. The number of phenols is 1. The van der Waals surface area contributed by atoms with Crippen molar-refractivity contribution < 1.29 is 19.0 Å². The number of methoxy groups -OCH3 is 1. The second-order valence-corrected chi connectivity index (χ2v) is 5.92. The monoisotopic (exact) mass is 336 g/mol. The lowest BCUT2D eigenvalue weighted by Crippen LogP contribution is -2.18.